The first-order valence-corrected chi connectivity index (χ1v) is 4.84. The predicted molar refractivity (Wildman–Crippen MR) is 52.7 cm³/mol. The molecule has 2 nitrogen and oxygen atoms in total. The highest BCUT2D eigenvalue weighted by atomic mass is 19.1. The number of halogens is 1. The first-order chi connectivity index (χ1) is 6.77. The molecule has 0 aromatic heterocycles. The SMILES string of the molecule is Cc1ccc(C2COCCN2)cc1F. The second kappa shape index (κ2) is 4.07. The van der Waals surface area contributed by atoms with Crippen molar-refractivity contribution < 1.29 is 9.13 Å². The lowest BCUT2D eigenvalue weighted by molar-refractivity contribution is 0.0768. The Balaban J connectivity index is 2.18. The largest absolute Gasteiger partial charge is 0.378 e. The van der Waals surface area contributed by atoms with E-state index in [9.17, 15) is 4.39 Å². The molecule has 0 amide bonds. The molecule has 76 valence electrons. The van der Waals surface area contributed by atoms with Gasteiger partial charge in [-0.1, -0.05) is 12.1 Å². The molecule has 1 heterocycles. The smallest absolute Gasteiger partial charge is 0.126 e. The summed E-state index contributed by atoms with van der Waals surface area (Å²) < 4.78 is 18.6. The molecule has 0 radical (unpaired) electrons. The molecule has 1 aliphatic rings. The van der Waals surface area contributed by atoms with Crippen molar-refractivity contribution in [2.45, 2.75) is 13.0 Å². The third-order valence-corrected chi connectivity index (χ3v) is 2.52. The lowest BCUT2D eigenvalue weighted by Crippen LogP contribution is -2.34. The van der Waals surface area contributed by atoms with Crippen molar-refractivity contribution in [1.82, 2.24) is 5.32 Å². The Hall–Kier alpha value is -0.930. The fraction of sp³-hybridized carbons (Fsp3) is 0.455. The third kappa shape index (κ3) is 1.94. The van der Waals surface area contributed by atoms with Crippen LogP contribution < -0.4 is 5.32 Å². The number of benzene rings is 1. The van der Waals surface area contributed by atoms with E-state index < -0.39 is 0 Å². The highest BCUT2D eigenvalue weighted by Crippen LogP contribution is 2.18. The summed E-state index contributed by atoms with van der Waals surface area (Å²) in [6.45, 7) is 3.97. The Morgan fingerprint density at radius 3 is 3.00 bits per heavy atom. The zero-order chi connectivity index (χ0) is 9.97. The molecule has 0 bridgehead atoms. The zero-order valence-corrected chi connectivity index (χ0v) is 8.22. The Labute approximate surface area is 83.1 Å². The van der Waals surface area contributed by atoms with Gasteiger partial charge in [0.2, 0.25) is 0 Å². The van der Waals surface area contributed by atoms with Crippen LogP contribution >= 0.6 is 0 Å². The standard InChI is InChI=1S/C11H14FNO/c1-8-2-3-9(6-10(8)12)11-7-14-5-4-13-11/h2-3,6,11,13H,4-5,7H2,1H3. The lowest BCUT2D eigenvalue weighted by atomic mass is 10.0. The van der Waals surface area contributed by atoms with E-state index in [2.05, 4.69) is 5.32 Å². The van der Waals surface area contributed by atoms with Crippen molar-refractivity contribution in [3.8, 4) is 0 Å². The summed E-state index contributed by atoms with van der Waals surface area (Å²) >= 11 is 0. The summed E-state index contributed by atoms with van der Waals surface area (Å²) in [5.74, 6) is -0.144. The van der Waals surface area contributed by atoms with Crippen molar-refractivity contribution in [1.29, 1.82) is 0 Å². The summed E-state index contributed by atoms with van der Waals surface area (Å²) in [5.41, 5.74) is 1.65. The van der Waals surface area contributed by atoms with Gasteiger partial charge in [-0.05, 0) is 24.1 Å². The van der Waals surface area contributed by atoms with Crippen LogP contribution in [-0.2, 0) is 4.74 Å². The minimum absolute atomic E-state index is 0.138. The monoisotopic (exact) mass is 195 g/mol. The van der Waals surface area contributed by atoms with Gasteiger partial charge >= 0.3 is 0 Å². The van der Waals surface area contributed by atoms with Crippen LogP contribution in [0.2, 0.25) is 0 Å². The molecule has 1 saturated heterocycles. The molecular weight excluding hydrogens is 181 g/mol. The van der Waals surface area contributed by atoms with Gasteiger partial charge < -0.3 is 10.1 Å². The van der Waals surface area contributed by atoms with Crippen molar-refractivity contribution >= 4 is 0 Å². The number of hydrogen-bond acceptors (Lipinski definition) is 2. The molecule has 1 aromatic rings. The molecule has 0 spiro atoms. The molecule has 1 aromatic carbocycles. The van der Waals surface area contributed by atoms with Gasteiger partial charge in [0, 0.05) is 6.54 Å². The molecular formula is C11H14FNO. The van der Waals surface area contributed by atoms with E-state index in [-0.39, 0.29) is 11.9 Å². The first-order valence-electron chi connectivity index (χ1n) is 4.84. The summed E-state index contributed by atoms with van der Waals surface area (Å²) in [6, 6.07) is 5.48. The van der Waals surface area contributed by atoms with Crippen molar-refractivity contribution in [3.05, 3.63) is 35.1 Å². The maximum Gasteiger partial charge on any atom is 0.126 e. The summed E-state index contributed by atoms with van der Waals surface area (Å²) in [6.07, 6.45) is 0. The molecule has 1 aliphatic heterocycles. The second-order valence-electron chi connectivity index (χ2n) is 3.59. The maximum absolute atomic E-state index is 13.3. The number of aryl methyl sites for hydroxylation is 1. The van der Waals surface area contributed by atoms with Crippen LogP contribution in [0.1, 0.15) is 17.2 Å². The minimum Gasteiger partial charge on any atom is -0.378 e. The molecule has 1 atom stereocenters. The summed E-state index contributed by atoms with van der Waals surface area (Å²) in [7, 11) is 0. The molecule has 1 fully saturated rings. The second-order valence-corrected chi connectivity index (χ2v) is 3.59. The Morgan fingerprint density at radius 1 is 1.50 bits per heavy atom. The number of nitrogens with one attached hydrogen (secondary N) is 1. The molecule has 1 N–H and O–H groups in total. The summed E-state index contributed by atoms with van der Waals surface area (Å²) in [5, 5.41) is 3.29. The van der Waals surface area contributed by atoms with E-state index in [0.29, 0.717) is 12.2 Å². The normalized spacial score (nSPS) is 22.3. The minimum atomic E-state index is -0.144. The quantitative estimate of drug-likeness (QED) is 0.737. The van der Waals surface area contributed by atoms with Crippen LogP contribution in [-0.4, -0.2) is 19.8 Å². The van der Waals surface area contributed by atoms with Gasteiger partial charge in [-0.15, -0.1) is 0 Å². The van der Waals surface area contributed by atoms with Crippen molar-refractivity contribution in [2.75, 3.05) is 19.8 Å². The van der Waals surface area contributed by atoms with Crippen LogP contribution in [0.15, 0.2) is 18.2 Å². The Morgan fingerprint density at radius 2 is 2.36 bits per heavy atom. The van der Waals surface area contributed by atoms with E-state index >= 15 is 0 Å². The molecule has 0 saturated carbocycles. The average Bonchev–Trinajstić information content (AvgIpc) is 2.23. The predicted octanol–water partition coefficient (Wildman–Crippen LogP) is 1.80. The Bertz CT molecular complexity index is 321. The molecule has 1 unspecified atom stereocenters. The van der Waals surface area contributed by atoms with E-state index in [1.165, 1.54) is 0 Å². The van der Waals surface area contributed by atoms with Crippen LogP contribution in [0.25, 0.3) is 0 Å². The number of ether oxygens (including phenoxy) is 1. The van der Waals surface area contributed by atoms with E-state index in [0.717, 1.165) is 18.7 Å². The molecule has 3 heteroatoms. The lowest BCUT2D eigenvalue weighted by Gasteiger charge is -2.24. The van der Waals surface area contributed by atoms with Gasteiger partial charge in [0.1, 0.15) is 5.82 Å². The number of morpholine rings is 1. The van der Waals surface area contributed by atoms with Crippen LogP contribution in [0.4, 0.5) is 4.39 Å². The van der Waals surface area contributed by atoms with Gasteiger partial charge in [-0.2, -0.15) is 0 Å². The van der Waals surface area contributed by atoms with Gasteiger partial charge in [0.15, 0.2) is 0 Å². The number of hydrogen-bond donors (Lipinski definition) is 1. The van der Waals surface area contributed by atoms with E-state index in [1.807, 2.05) is 6.07 Å². The van der Waals surface area contributed by atoms with Crippen LogP contribution in [0, 0.1) is 12.7 Å². The number of rotatable bonds is 1. The van der Waals surface area contributed by atoms with Gasteiger partial charge in [0.05, 0.1) is 19.3 Å². The van der Waals surface area contributed by atoms with E-state index in [1.54, 1.807) is 19.1 Å². The summed E-state index contributed by atoms with van der Waals surface area (Å²) in [4.78, 5) is 0. The van der Waals surface area contributed by atoms with Crippen LogP contribution in [0.5, 0.6) is 0 Å². The van der Waals surface area contributed by atoms with Crippen LogP contribution in [0.3, 0.4) is 0 Å². The highest BCUT2D eigenvalue weighted by Gasteiger charge is 2.15. The van der Waals surface area contributed by atoms with Gasteiger partial charge in [-0.25, -0.2) is 4.39 Å². The first kappa shape index (κ1) is 9.62. The highest BCUT2D eigenvalue weighted by molar-refractivity contribution is 5.26. The zero-order valence-electron chi connectivity index (χ0n) is 8.22. The van der Waals surface area contributed by atoms with Gasteiger partial charge in [0.25, 0.3) is 0 Å². The average molecular weight is 195 g/mol. The maximum atomic E-state index is 13.3. The fourth-order valence-corrected chi connectivity index (χ4v) is 1.61. The third-order valence-electron chi connectivity index (χ3n) is 2.52. The van der Waals surface area contributed by atoms with Crippen molar-refractivity contribution in [3.63, 3.8) is 0 Å². The Kier molecular flexibility index (Phi) is 2.79. The molecule has 14 heavy (non-hydrogen) atoms. The van der Waals surface area contributed by atoms with E-state index in [4.69, 9.17) is 4.74 Å². The van der Waals surface area contributed by atoms with Gasteiger partial charge in [-0.3, -0.25) is 0 Å². The van der Waals surface area contributed by atoms with Crippen molar-refractivity contribution in [2.24, 2.45) is 0 Å². The molecule has 0 aliphatic carbocycles. The topological polar surface area (TPSA) is 21.3 Å². The fourth-order valence-electron chi connectivity index (χ4n) is 1.61. The molecule has 2 rings (SSSR count).